The number of amides is 6. The molecule has 1 heterocycles. The van der Waals surface area contributed by atoms with Crippen molar-refractivity contribution in [3.8, 4) is 0 Å². The van der Waals surface area contributed by atoms with Crippen LogP contribution in [0.1, 0.15) is 115 Å². The summed E-state index contributed by atoms with van der Waals surface area (Å²) in [4.78, 5) is 89.6. The van der Waals surface area contributed by atoms with E-state index < -0.39 is 52.6 Å². The lowest BCUT2D eigenvalue weighted by atomic mass is 9.83. The van der Waals surface area contributed by atoms with Gasteiger partial charge < -0.3 is 32.3 Å². The molecule has 15 nitrogen and oxygen atoms in total. The van der Waals surface area contributed by atoms with Crippen LogP contribution < -0.4 is 32.3 Å². The normalized spacial score (nSPS) is 25.4. The van der Waals surface area contributed by atoms with Crippen molar-refractivity contribution >= 4 is 41.1 Å². The number of benzene rings is 1. The van der Waals surface area contributed by atoms with E-state index in [0.29, 0.717) is 43.6 Å². The third-order valence-corrected chi connectivity index (χ3v) is 10.8. The molecule has 3 aliphatic rings. The summed E-state index contributed by atoms with van der Waals surface area (Å²) >= 11 is 0. The average molecular weight is 752 g/mol. The zero-order chi connectivity index (χ0) is 38.9. The lowest BCUT2D eigenvalue weighted by Crippen LogP contribution is -2.55. The number of nitro benzene ring substituents is 1. The molecular weight excluding hydrogens is 694 g/mol. The molecule has 15 heteroatoms. The summed E-state index contributed by atoms with van der Waals surface area (Å²) in [5.74, 6) is -2.58. The van der Waals surface area contributed by atoms with Crippen LogP contribution in [0.2, 0.25) is 0 Å². The van der Waals surface area contributed by atoms with Crippen molar-refractivity contribution in [3.05, 3.63) is 52.1 Å². The highest BCUT2D eigenvalue weighted by Gasteiger charge is 2.30. The third kappa shape index (κ3) is 14.5. The number of primary amides is 1. The van der Waals surface area contributed by atoms with Crippen molar-refractivity contribution in [3.63, 3.8) is 0 Å². The topological polar surface area (TPSA) is 232 Å². The fourth-order valence-electron chi connectivity index (χ4n) is 7.82. The van der Waals surface area contributed by atoms with Crippen LogP contribution in [0.4, 0.5) is 5.69 Å². The van der Waals surface area contributed by atoms with Gasteiger partial charge in [-0.2, -0.15) is 0 Å². The molecule has 0 aromatic heterocycles. The van der Waals surface area contributed by atoms with E-state index in [4.69, 9.17) is 5.73 Å². The molecule has 0 radical (unpaired) electrons. The van der Waals surface area contributed by atoms with Crippen molar-refractivity contribution in [1.29, 1.82) is 0 Å². The molecule has 4 rings (SSSR count). The quantitative estimate of drug-likeness (QED) is 0.170. The van der Waals surface area contributed by atoms with Crippen LogP contribution in [0.3, 0.4) is 0 Å². The van der Waals surface area contributed by atoms with Gasteiger partial charge in [0, 0.05) is 49.7 Å². The summed E-state index contributed by atoms with van der Waals surface area (Å²) < 4.78 is 0. The summed E-state index contributed by atoms with van der Waals surface area (Å²) in [6.07, 6.45) is 15.2. The Hall–Kier alpha value is -4.82. The predicted molar refractivity (Wildman–Crippen MR) is 201 cm³/mol. The molecule has 1 aliphatic heterocycles. The lowest BCUT2D eigenvalue weighted by Gasteiger charge is -2.29. The smallest absolute Gasteiger partial charge is 0.269 e. The second kappa shape index (κ2) is 21.8. The van der Waals surface area contributed by atoms with Crippen LogP contribution in [0.15, 0.2) is 36.4 Å². The van der Waals surface area contributed by atoms with E-state index in [0.717, 1.165) is 69.9 Å². The Kier molecular flexibility index (Phi) is 16.9. The summed E-state index contributed by atoms with van der Waals surface area (Å²) in [6, 6.07) is 2.46. The van der Waals surface area contributed by atoms with E-state index in [1.54, 1.807) is 0 Å². The van der Waals surface area contributed by atoms with E-state index in [-0.39, 0.29) is 49.4 Å². The molecule has 1 unspecified atom stereocenters. The van der Waals surface area contributed by atoms with Gasteiger partial charge in [-0.1, -0.05) is 76.3 Å². The Morgan fingerprint density at radius 2 is 1.28 bits per heavy atom. The number of hydrogen-bond acceptors (Lipinski definition) is 8. The van der Waals surface area contributed by atoms with Crippen LogP contribution in [0, 0.1) is 22.0 Å². The molecule has 6 amide bonds. The first-order chi connectivity index (χ1) is 26.0. The second-order valence-corrected chi connectivity index (χ2v) is 15.1. The van der Waals surface area contributed by atoms with Gasteiger partial charge in [0.25, 0.3) is 5.69 Å². The van der Waals surface area contributed by atoms with Crippen LogP contribution in [0.5, 0.6) is 0 Å². The van der Waals surface area contributed by atoms with Crippen LogP contribution in [0.25, 0.3) is 0 Å². The Labute approximate surface area is 316 Å². The molecule has 2 saturated carbocycles. The fraction of sp³-hybridized carbons (Fsp3) is 0.641. The van der Waals surface area contributed by atoms with Gasteiger partial charge in [-0.15, -0.1) is 0 Å². The van der Waals surface area contributed by atoms with Gasteiger partial charge in [0.05, 0.1) is 4.92 Å². The fourth-order valence-corrected chi connectivity index (χ4v) is 7.82. The highest BCUT2D eigenvalue weighted by Crippen LogP contribution is 2.29. The van der Waals surface area contributed by atoms with Crippen molar-refractivity contribution in [2.75, 3.05) is 6.54 Å². The summed E-state index contributed by atoms with van der Waals surface area (Å²) in [7, 11) is 0. The summed E-state index contributed by atoms with van der Waals surface area (Å²) in [6.45, 7) is 0.190. The number of carbonyl (C=O) groups is 6. The molecule has 54 heavy (non-hydrogen) atoms. The Bertz CT molecular complexity index is 1490. The van der Waals surface area contributed by atoms with Crippen LogP contribution >= 0.6 is 0 Å². The van der Waals surface area contributed by atoms with E-state index >= 15 is 0 Å². The van der Waals surface area contributed by atoms with Gasteiger partial charge in [-0.05, 0) is 55.9 Å². The van der Waals surface area contributed by atoms with Crippen LogP contribution in [-0.4, -0.2) is 71.1 Å². The minimum atomic E-state index is -1.05. The van der Waals surface area contributed by atoms with Gasteiger partial charge in [0.15, 0.2) is 0 Å². The minimum Gasteiger partial charge on any atom is -0.368 e. The van der Waals surface area contributed by atoms with Gasteiger partial charge in [-0.3, -0.25) is 38.9 Å². The molecular formula is C39H57N7O8. The first-order valence-electron chi connectivity index (χ1n) is 19.7. The maximum Gasteiger partial charge on any atom is 0.269 e. The van der Waals surface area contributed by atoms with Gasteiger partial charge >= 0.3 is 0 Å². The first kappa shape index (κ1) is 41.9. The molecule has 2 fully saturated rings. The summed E-state index contributed by atoms with van der Waals surface area (Å²) in [5.41, 5.74) is 6.03. The molecule has 0 saturated heterocycles. The molecule has 4 atom stereocenters. The first-order valence-corrected chi connectivity index (χ1v) is 19.7. The van der Waals surface area contributed by atoms with Gasteiger partial charge in [0.1, 0.15) is 18.1 Å². The number of non-ortho nitro benzene ring substituents is 1. The number of nitro groups is 1. The van der Waals surface area contributed by atoms with Crippen molar-refractivity contribution in [2.45, 2.75) is 140 Å². The number of rotatable bonds is 8. The van der Waals surface area contributed by atoms with Crippen LogP contribution in [-0.2, 0) is 35.2 Å². The maximum absolute atomic E-state index is 14.0. The molecule has 2 aliphatic carbocycles. The van der Waals surface area contributed by atoms with E-state index in [9.17, 15) is 38.9 Å². The van der Waals surface area contributed by atoms with E-state index in [1.165, 1.54) is 30.7 Å². The van der Waals surface area contributed by atoms with Gasteiger partial charge in [-0.25, -0.2) is 0 Å². The Morgan fingerprint density at radius 3 is 1.89 bits per heavy atom. The van der Waals surface area contributed by atoms with E-state index in [2.05, 4.69) is 26.6 Å². The summed E-state index contributed by atoms with van der Waals surface area (Å²) in [5, 5.41) is 25.4. The Balaban J connectivity index is 1.57. The predicted octanol–water partition coefficient (Wildman–Crippen LogP) is 3.14. The maximum atomic E-state index is 14.0. The third-order valence-electron chi connectivity index (χ3n) is 10.8. The van der Waals surface area contributed by atoms with Gasteiger partial charge in [0.2, 0.25) is 35.4 Å². The number of nitrogens with one attached hydrogen (secondary N) is 5. The van der Waals surface area contributed by atoms with E-state index in [1.807, 2.05) is 0 Å². The standard InChI is InChI=1S/C39H57N7O8/c40-37(50)31-13-7-8-22-41-38(51)32(25-28-14-17-30(18-15-28)46(53)54)45-39(52)33(24-27-11-5-2-6-12-27)44-35(48)19-16-29(23-26-9-3-1-4-10-26)42-34(47)20-21-36(49)43-31/h14-15,17-18,20-21,26-27,29,31-33H,1-13,16,19,22-25H2,(H2,40,50)(H,41,51)(H,42,47)(H,43,49)(H,44,48)(H,45,52)/t29-,31+,32+,33?/m1/s1. The number of carbonyl (C=O) groups excluding carboxylic acids is 6. The molecule has 1 aromatic rings. The number of nitrogens with two attached hydrogens (primary N) is 1. The molecule has 7 N–H and O–H groups in total. The SMILES string of the molecule is NC(=O)[C@@H]1CCCCNC(=O)[C@H](Cc2ccc([N+](=O)[O-])cc2)NC(=O)C(CC2CCCCC2)NC(=O)CC[C@H](CC2CCCCC2)NC(=O)C=CC(=O)N1. The molecule has 0 spiro atoms. The molecule has 0 bridgehead atoms. The largest absolute Gasteiger partial charge is 0.368 e. The zero-order valence-electron chi connectivity index (χ0n) is 31.2. The van der Waals surface area contributed by atoms with Crippen molar-refractivity contribution < 1.29 is 33.7 Å². The highest BCUT2D eigenvalue weighted by molar-refractivity contribution is 5.98. The monoisotopic (exact) mass is 751 g/mol. The number of nitrogens with zero attached hydrogens (tertiary/aromatic N) is 1. The minimum absolute atomic E-state index is 0.0450. The second-order valence-electron chi connectivity index (χ2n) is 15.1. The molecule has 296 valence electrons. The zero-order valence-corrected chi connectivity index (χ0v) is 31.2. The Morgan fingerprint density at radius 1 is 0.685 bits per heavy atom. The highest BCUT2D eigenvalue weighted by atomic mass is 16.6. The number of hydrogen-bond donors (Lipinski definition) is 6. The van der Waals surface area contributed by atoms with Crippen molar-refractivity contribution in [1.82, 2.24) is 26.6 Å². The average Bonchev–Trinajstić information content (AvgIpc) is 3.15. The molecule has 1 aromatic carbocycles. The van der Waals surface area contributed by atoms with Crippen molar-refractivity contribution in [2.24, 2.45) is 17.6 Å². The lowest BCUT2D eigenvalue weighted by molar-refractivity contribution is -0.384.